The van der Waals surface area contributed by atoms with Crippen molar-refractivity contribution in [2.75, 3.05) is 13.7 Å². The van der Waals surface area contributed by atoms with Crippen LogP contribution in [-0.2, 0) is 0 Å². The van der Waals surface area contributed by atoms with Gasteiger partial charge in [0.25, 0.3) is 0 Å². The summed E-state index contributed by atoms with van der Waals surface area (Å²) in [6.07, 6.45) is 3.96. The van der Waals surface area contributed by atoms with Crippen LogP contribution in [0.1, 0.15) is 44.2 Å². The fraction of sp³-hybridized carbons (Fsp3) is 0.625. The SMILES string of the molecule is COc1cccc(F)c1C(C)NCC1CCCCC1O. The normalized spacial score (nSPS) is 24.4. The van der Waals surface area contributed by atoms with Crippen molar-refractivity contribution in [2.24, 2.45) is 5.92 Å². The van der Waals surface area contributed by atoms with Crippen LogP contribution in [0.15, 0.2) is 18.2 Å². The summed E-state index contributed by atoms with van der Waals surface area (Å²) < 4.78 is 19.2. The lowest BCUT2D eigenvalue weighted by Crippen LogP contribution is -2.35. The highest BCUT2D eigenvalue weighted by Gasteiger charge is 2.24. The predicted molar refractivity (Wildman–Crippen MR) is 77.3 cm³/mol. The number of ether oxygens (including phenoxy) is 1. The molecule has 0 spiro atoms. The number of rotatable bonds is 5. The molecule has 2 N–H and O–H groups in total. The van der Waals surface area contributed by atoms with Crippen molar-refractivity contribution < 1.29 is 14.2 Å². The lowest BCUT2D eigenvalue weighted by molar-refractivity contribution is 0.0683. The molecule has 1 aliphatic carbocycles. The molecule has 3 atom stereocenters. The molecular weight excluding hydrogens is 257 g/mol. The van der Waals surface area contributed by atoms with Gasteiger partial charge in [0.05, 0.1) is 13.2 Å². The summed E-state index contributed by atoms with van der Waals surface area (Å²) in [6, 6.07) is 4.73. The first-order valence-corrected chi connectivity index (χ1v) is 7.37. The average Bonchev–Trinajstić information content (AvgIpc) is 2.45. The summed E-state index contributed by atoms with van der Waals surface area (Å²) in [6.45, 7) is 2.63. The summed E-state index contributed by atoms with van der Waals surface area (Å²) in [5, 5.41) is 13.3. The van der Waals surface area contributed by atoms with Gasteiger partial charge in [-0.1, -0.05) is 18.9 Å². The first kappa shape index (κ1) is 15.3. The second-order valence-corrected chi connectivity index (χ2v) is 5.60. The third-order valence-electron chi connectivity index (χ3n) is 4.22. The van der Waals surface area contributed by atoms with E-state index in [0.29, 0.717) is 17.9 Å². The van der Waals surface area contributed by atoms with Gasteiger partial charge in [-0.3, -0.25) is 0 Å². The highest BCUT2D eigenvalue weighted by Crippen LogP contribution is 2.29. The van der Waals surface area contributed by atoms with Crippen LogP contribution in [0.4, 0.5) is 4.39 Å². The fourth-order valence-electron chi connectivity index (χ4n) is 2.97. The molecule has 2 rings (SSSR count). The summed E-state index contributed by atoms with van der Waals surface area (Å²) in [5.41, 5.74) is 0.556. The summed E-state index contributed by atoms with van der Waals surface area (Å²) in [7, 11) is 1.55. The van der Waals surface area contributed by atoms with Gasteiger partial charge in [0.2, 0.25) is 0 Å². The maximum absolute atomic E-state index is 14.0. The number of aliphatic hydroxyl groups excluding tert-OH is 1. The molecule has 1 fully saturated rings. The zero-order valence-electron chi connectivity index (χ0n) is 12.2. The topological polar surface area (TPSA) is 41.5 Å². The van der Waals surface area contributed by atoms with Gasteiger partial charge in [0.1, 0.15) is 11.6 Å². The molecule has 0 radical (unpaired) electrons. The van der Waals surface area contributed by atoms with Crippen molar-refractivity contribution in [3.05, 3.63) is 29.6 Å². The van der Waals surface area contributed by atoms with Crippen LogP contribution < -0.4 is 10.1 Å². The van der Waals surface area contributed by atoms with Crippen molar-refractivity contribution in [1.29, 1.82) is 0 Å². The van der Waals surface area contributed by atoms with Crippen molar-refractivity contribution in [1.82, 2.24) is 5.32 Å². The molecule has 1 aliphatic rings. The molecule has 1 aromatic rings. The Bertz CT molecular complexity index is 438. The van der Waals surface area contributed by atoms with Crippen LogP contribution in [-0.4, -0.2) is 24.9 Å². The average molecular weight is 281 g/mol. The van der Waals surface area contributed by atoms with Crippen molar-refractivity contribution >= 4 is 0 Å². The second kappa shape index (κ2) is 7.04. The molecule has 0 heterocycles. The standard InChI is InChI=1S/C16H24FNO2/c1-11(16-13(17)7-5-9-15(16)20-2)18-10-12-6-3-4-8-14(12)19/h5,7,9,11-12,14,18-19H,3-4,6,8,10H2,1-2H3. The molecule has 0 saturated heterocycles. The lowest BCUT2D eigenvalue weighted by Gasteiger charge is -2.29. The zero-order chi connectivity index (χ0) is 14.5. The Hall–Kier alpha value is -1.13. The smallest absolute Gasteiger partial charge is 0.131 e. The number of methoxy groups -OCH3 is 1. The van der Waals surface area contributed by atoms with Crippen LogP contribution >= 0.6 is 0 Å². The Kier molecular flexibility index (Phi) is 5.38. The summed E-state index contributed by atoms with van der Waals surface area (Å²) >= 11 is 0. The summed E-state index contributed by atoms with van der Waals surface area (Å²) in [5.74, 6) is 0.576. The number of halogens is 1. The van der Waals surface area contributed by atoms with E-state index in [1.54, 1.807) is 19.2 Å². The second-order valence-electron chi connectivity index (χ2n) is 5.60. The van der Waals surface area contributed by atoms with Crippen LogP contribution in [0.3, 0.4) is 0 Å². The van der Waals surface area contributed by atoms with Crippen LogP contribution in [0, 0.1) is 11.7 Å². The third kappa shape index (κ3) is 3.49. The molecule has 1 saturated carbocycles. The highest BCUT2D eigenvalue weighted by molar-refractivity contribution is 5.36. The van der Waals surface area contributed by atoms with Crippen molar-refractivity contribution in [2.45, 2.75) is 44.8 Å². The molecule has 3 unspecified atom stereocenters. The molecule has 112 valence electrons. The van der Waals surface area contributed by atoms with Gasteiger partial charge in [0.15, 0.2) is 0 Å². The van der Waals surface area contributed by atoms with E-state index in [1.165, 1.54) is 12.5 Å². The molecule has 3 nitrogen and oxygen atoms in total. The van der Waals surface area contributed by atoms with Gasteiger partial charge in [-0.15, -0.1) is 0 Å². The van der Waals surface area contributed by atoms with E-state index in [2.05, 4.69) is 5.32 Å². The monoisotopic (exact) mass is 281 g/mol. The molecule has 0 aromatic heterocycles. The fourth-order valence-corrected chi connectivity index (χ4v) is 2.97. The Balaban J connectivity index is 1.99. The zero-order valence-corrected chi connectivity index (χ0v) is 12.2. The van der Waals surface area contributed by atoms with Gasteiger partial charge < -0.3 is 15.2 Å². The van der Waals surface area contributed by atoms with E-state index in [9.17, 15) is 9.50 Å². The van der Waals surface area contributed by atoms with Crippen LogP contribution in [0.25, 0.3) is 0 Å². The van der Waals surface area contributed by atoms with Crippen LogP contribution in [0.5, 0.6) is 5.75 Å². The number of nitrogens with one attached hydrogen (secondary N) is 1. The summed E-state index contributed by atoms with van der Waals surface area (Å²) in [4.78, 5) is 0. The quantitative estimate of drug-likeness (QED) is 0.871. The lowest BCUT2D eigenvalue weighted by atomic mass is 9.86. The number of benzene rings is 1. The minimum Gasteiger partial charge on any atom is -0.496 e. The van der Waals surface area contributed by atoms with E-state index < -0.39 is 0 Å². The Morgan fingerprint density at radius 3 is 2.85 bits per heavy atom. The van der Waals surface area contributed by atoms with Gasteiger partial charge in [-0.05, 0) is 37.8 Å². The minimum absolute atomic E-state index is 0.139. The molecule has 20 heavy (non-hydrogen) atoms. The molecule has 1 aromatic carbocycles. The number of hydrogen-bond donors (Lipinski definition) is 2. The molecular formula is C16H24FNO2. The van der Waals surface area contributed by atoms with Gasteiger partial charge in [-0.2, -0.15) is 0 Å². The Morgan fingerprint density at radius 1 is 1.40 bits per heavy atom. The van der Waals surface area contributed by atoms with Gasteiger partial charge in [-0.25, -0.2) is 4.39 Å². The van der Waals surface area contributed by atoms with E-state index in [0.717, 1.165) is 19.3 Å². The molecule has 0 aliphatic heterocycles. The first-order valence-electron chi connectivity index (χ1n) is 7.37. The van der Waals surface area contributed by atoms with Gasteiger partial charge in [0, 0.05) is 18.2 Å². The van der Waals surface area contributed by atoms with Crippen molar-refractivity contribution in [3.8, 4) is 5.75 Å². The van der Waals surface area contributed by atoms with Crippen LogP contribution in [0.2, 0.25) is 0 Å². The minimum atomic E-state index is -0.256. The van der Waals surface area contributed by atoms with Gasteiger partial charge >= 0.3 is 0 Å². The first-order chi connectivity index (χ1) is 9.63. The third-order valence-corrected chi connectivity index (χ3v) is 4.22. The molecule has 0 bridgehead atoms. The molecule has 4 heteroatoms. The predicted octanol–water partition coefficient (Wildman–Crippen LogP) is 3.04. The van der Waals surface area contributed by atoms with E-state index in [1.807, 2.05) is 6.92 Å². The Labute approximate surface area is 120 Å². The van der Waals surface area contributed by atoms with E-state index in [-0.39, 0.29) is 23.9 Å². The molecule has 0 amide bonds. The number of hydrogen-bond acceptors (Lipinski definition) is 3. The highest BCUT2D eigenvalue weighted by atomic mass is 19.1. The largest absolute Gasteiger partial charge is 0.496 e. The number of aliphatic hydroxyl groups is 1. The maximum atomic E-state index is 14.0. The van der Waals surface area contributed by atoms with E-state index in [4.69, 9.17) is 4.74 Å². The Morgan fingerprint density at radius 2 is 2.15 bits per heavy atom. The van der Waals surface area contributed by atoms with E-state index >= 15 is 0 Å². The van der Waals surface area contributed by atoms with Crippen molar-refractivity contribution in [3.63, 3.8) is 0 Å². The maximum Gasteiger partial charge on any atom is 0.131 e.